The molecule has 0 bridgehead atoms. The standard InChI is InChI=1S/C17H19N3O3S/c1-11-10-24-17(18-11)19-16(22)13-7-8-15(21)20(13)9-12-5-3-4-6-14(12)23-2/h3-6,10,13H,7-9H2,1-2H3,(H,18,19,22). The van der Waals surface area contributed by atoms with Crippen molar-refractivity contribution in [2.75, 3.05) is 12.4 Å². The highest BCUT2D eigenvalue weighted by molar-refractivity contribution is 7.13. The number of rotatable bonds is 5. The Kier molecular flexibility index (Phi) is 4.80. The molecule has 1 aliphatic heterocycles. The summed E-state index contributed by atoms with van der Waals surface area (Å²) >= 11 is 1.38. The Balaban J connectivity index is 1.75. The van der Waals surface area contributed by atoms with E-state index < -0.39 is 6.04 Å². The summed E-state index contributed by atoms with van der Waals surface area (Å²) in [5.41, 5.74) is 1.75. The number of anilines is 1. The van der Waals surface area contributed by atoms with Gasteiger partial charge in [-0.2, -0.15) is 0 Å². The number of carbonyl (C=O) groups is 2. The highest BCUT2D eigenvalue weighted by atomic mass is 32.1. The molecule has 2 aromatic rings. The summed E-state index contributed by atoms with van der Waals surface area (Å²) < 4.78 is 5.34. The van der Waals surface area contributed by atoms with Crippen molar-refractivity contribution >= 4 is 28.3 Å². The summed E-state index contributed by atoms with van der Waals surface area (Å²) in [7, 11) is 1.60. The number of nitrogens with zero attached hydrogens (tertiary/aromatic N) is 2. The van der Waals surface area contributed by atoms with E-state index in [0.29, 0.717) is 30.3 Å². The van der Waals surface area contributed by atoms with Gasteiger partial charge in [-0.25, -0.2) is 4.98 Å². The number of aryl methyl sites for hydroxylation is 1. The van der Waals surface area contributed by atoms with Crippen molar-refractivity contribution in [3.63, 3.8) is 0 Å². The summed E-state index contributed by atoms with van der Waals surface area (Å²) in [5.74, 6) is 0.508. The molecule has 126 valence electrons. The first-order valence-corrected chi connectivity index (χ1v) is 8.61. The van der Waals surface area contributed by atoms with Gasteiger partial charge in [-0.1, -0.05) is 18.2 Å². The van der Waals surface area contributed by atoms with Crippen LogP contribution in [0.25, 0.3) is 0 Å². The molecular formula is C17H19N3O3S. The van der Waals surface area contributed by atoms with Crippen molar-refractivity contribution in [2.45, 2.75) is 32.4 Å². The van der Waals surface area contributed by atoms with Crippen molar-refractivity contribution in [3.05, 3.63) is 40.9 Å². The van der Waals surface area contributed by atoms with Crippen LogP contribution in [0.15, 0.2) is 29.6 Å². The topological polar surface area (TPSA) is 71.5 Å². The van der Waals surface area contributed by atoms with Crippen LogP contribution in [-0.4, -0.2) is 34.8 Å². The molecule has 24 heavy (non-hydrogen) atoms. The van der Waals surface area contributed by atoms with E-state index in [2.05, 4.69) is 10.3 Å². The molecule has 2 heterocycles. The van der Waals surface area contributed by atoms with Gasteiger partial charge in [0.15, 0.2) is 5.13 Å². The van der Waals surface area contributed by atoms with Gasteiger partial charge in [-0.3, -0.25) is 9.59 Å². The first-order valence-electron chi connectivity index (χ1n) is 7.73. The molecule has 7 heteroatoms. The van der Waals surface area contributed by atoms with E-state index in [0.717, 1.165) is 11.3 Å². The summed E-state index contributed by atoms with van der Waals surface area (Å²) in [6.45, 7) is 2.23. The lowest BCUT2D eigenvalue weighted by Gasteiger charge is -2.24. The van der Waals surface area contributed by atoms with Gasteiger partial charge >= 0.3 is 0 Å². The highest BCUT2D eigenvalue weighted by Crippen LogP contribution is 2.27. The lowest BCUT2D eigenvalue weighted by molar-refractivity contribution is -0.133. The van der Waals surface area contributed by atoms with Gasteiger partial charge in [-0.15, -0.1) is 11.3 Å². The number of hydrogen-bond donors (Lipinski definition) is 1. The fourth-order valence-corrected chi connectivity index (χ4v) is 3.51. The number of nitrogens with one attached hydrogen (secondary N) is 1. The van der Waals surface area contributed by atoms with Gasteiger partial charge in [0.25, 0.3) is 0 Å². The number of benzene rings is 1. The molecule has 1 aromatic heterocycles. The molecule has 1 saturated heterocycles. The molecule has 1 aromatic carbocycles. The average molecular weight is 345 g/mol. The van der Waals surface area contributed by atoms with Crippen molar-refractivity contribution in [3.8, 4) is 5.75 Å². The summed E-state index contributed by atoms with van der Waals surface area (Å²) in [4.78, 5) is 30.7. The molecular weight excluding hydrogens is 326 g/mol. The van der Waals surface area contributed by atoms with Gasteiger partial charge < -0.3 is 15.0 Å². The van der Waals surface area contributed by atoms with Crippen molar-refractivity contribution in [1.82, 2.24) is 9.88 Å². The normalized spacial score (nSPS) is 17.2. The molecule has 3 rings (SSSR count). The lowest BCUT2D eigenvalue weighted by Crippen LogP contribution is -2.41. The lowest BCUT2D eigenvalue weighted by atomic mass is 10.1. The second-order valence-electron chi connectivity index (χ2n) is 5.67. The van der Waals surface area contributed by atoms with E-state index in [1.54, 1.807) is 12.0 Å². The molecule has 1 atom stereocenters. The first-order chi connectivity index (χ1) is 11.6. The number of aromatic nitrogens is 1. The van der Waals surface area contributed by atoms with E-state index in [9.17, 15) is 9.59 Å². The average Bonchev–Trinajstić information content (AvgIpc) is 3.14. The van der Waals surface area contributed by atoms with Gasteiger partial charge in [0.05, 0.1) is 19.3 Å². The number of carbonyl (C=O) groups excluding carboxylic acids is 2. The SMILES string of the molecule is COc1ccccc1CN1C(=O)CCC1C(=O)Nc1nc(C)cs1. The van der Waals surface area contributed by atoms with Crippen LogP contribution in [0.4, 0.5) is 5.13 Å². The minimum atomic E-state index is -0.480. The Labute approximate surface area is 144 Å². The third-order valence-corrected chi connectivity index (χ3v) is 4.89. The third-order valence-electron chi connectivity index (χ3n) is 4.01. The number of amides is 2. The zero-order chi connectivity index (χ0) is 17.1. The zero-order valence-electron chi connectivity index (χ0n) is 13.6. The Morgan fingerprint density at radius 2 is 2.25 bits per heavy atom. The number of ether oxygens (including phenoxy) is 1. The van der Waals surface area contributed by atoms with E-state index in [-0.39, 0.29) is 11.8 Å². The maximum absolute atomic E-state index is 12.6. The third kappa shape index (κ3) is 3.41. The van der Waals surface area contributed by atoms with Crippen molar-refractivity contribution < 1.29 is 14.3 Å². The Bertz CT molecular complexity index is 759. The van der Waals surface area contributed by atoms with E-state index >= 15 is 0 Å². The van der Waals surface area contributed by atoms with E-state index in [1.165, 1.54) is 11.3 Å². The number of methoxy groups -OCH3 is 1. The van der Waals surface area contributed by atoms with Crippen LogP contribution in [-0.2, 0) is 16.1 Å². The monoisotopic (exact) mass is 345 g/mol. The van der Waals surface area contributed by atoms with E-state index in [4.69, 9.17) is 4.74 Å². The molecule has 0 aliphatic carbocycles. The summed E-state index contributed by atoms with van der Waals surface area (Å²) in [6, 6.07) is 7.05. The predicted octanol–water partition coefficient (Wildman–Crippen LogP) is 2.59. The summed E-state index contributed by atoms with van der Waals surface area (Å²) in [5, 5.41) is 5.25. The van der Waals surface area contributed by atoms with Gasteiger partial charge in [0.1, 0.15) is 11.8 Å². The molecule has 6 nitrogen and oxygen atoms in total. The van der Waals surface area contributed by atoms with Crippen LogP contribution in [0, 0.1) is 6.92 Å². The zero-order valence-corrected chi connectivity index (χ0v) is 14.4. The van der Waals surface area contributed by atoms with Crippen LogP contribution in [0.2, 0.25) is 0 Å². The summed E-state index contributed by atoms with van der Waals surface area (Å²) in [6.07, 6.45) is 0.897. The van der Waals surface area contributed by atoms with Crippen LogP contribution in [0.1, 0.15) is 24.1 Å². The van der Waals surface area contributed by atoms with Crippen LogP contribution in [0.5, 0.6) is 5.75 Å². The second kappa shape index (κ2) is 7.00. The molecule has 1 aliphatic rings. The molecule has 1 N–H and O–H groups in total. The number of thiazole rings is 1. The van der Waals surface area contributed by atoms with Crippen molar-refractivity contribution in [1.29, 1.82) is 0 Å². The second-order valence-corrected chi connectivity index (χ2v) is 6.53. The van der Waals surface area contributed by atoms with Gasteiger partial charge in [0, 0.05) is 17.4 Å². The maximum Gasteiger partial charge on any atom is 0.248 e. The van der Waals surface area contributed by atoms with Crippen molar-refractivity contribution in [2.24, 2.45) is 0 Å². The van der Waals surface area contributed by atoms with Crippen LogP contribution < -0.4 is 10.1 Å². The Morgan fingerprint density at radius 3 is 2.96 bits per heavy atom. The molecule has 0 radical (unpaired) electrons. The Hall–Kier alpha value is -2.41. The fourth-order valence-electron chi connectivity index (χ4n) is 2.82. The molecule has 0 spiro atoms. The minimum absolute atomic E-state index is 0.0172. The number of para-hydroxylation sites is 1. The van der Waals surface area contributed by atoms with Crippen LogP contribution >= 0.6 is 11.3 Å². The quantitative estimate of drug-likeness (QED) is 0.904. The fraction of sp³-hybridized carbons (Fsp3) is 0.353. The highest BCUT2D eigenvalue weighted by Gasteiger charge is 2.36. The number of hydrogen-bond acceptors (Lipinski definition) is 5. The number of likely N-dealkylation sites (tertiary alicyclic amines) is 1. The smallest absolute Gasteiger partial charge is 0.248 e. The van der Waals surface area contributed by atoms with E-state index in [1.807, 2.05) is 36.6 Å². The minimum Gasteiger partial charge on any atom is -0.496 e. The molecule has 1 unspecified atom stereocenters. The van der Waals surface area contributed by atoms with Gasteiger partial charge in [0.2, 0.25) is 11.8 Å². The molecule has 0 saturated carbocycles. The predicted molar refractivity (Wildman–Crippen MR) is 92.0 cm³/mol. The van der Waals surface area contributed by atoms with Gasteiger partial charge in [-0.05, 0) is 19.4 Å². The molecule has 2 amide bonds. The largest absolute Gasteiger partial charge is 0.496 e. The maximum atomic E-state index is 12.6. The Morgan fingerprint density at radius 1 is 1.46 bits per heavy atom. The first kappa shape index (κ1) is 16.4. The molecule has 1 fully saturated rings. The van der Waals surface area contributed by atoms with Crippen LogP contribution in [0.3, 0.4) is 0 Å².